The van der Waals surface area contributed by atoms with Crippen LogP contribution in [-0.4, -0.2) is 4.98 Å². The molecule has 86 valence electrons. The van der Waals surface area contributed by atoms with E-state index in [1.807, 2.05) is 12.1 Å². The third-order valence-electron chi connectivity index (χ3n) is 2.42. The van der Waals surface area contributed by atoms with E-state index in [9.17, 15) is 4.39 Å². The average Bonchev–Trinajstić information content (AvgIpc) is 2.93. The Morgan fingerprint density at radius 2 is 2.18 bits per heavy atom. The van der Waals surface area contributed by atoms with E-state index in [0.717, 1.165) is 15.2 Å². The van der Waals surface area contributed by atoms with E-state index in [1.165, 1.54) is 23.5 Å². The molecule has 0 aliphatic heterocycles. The quantitative estimate of drug-likeness (QED) is 0.758. The molecule has 3 rings (SSSR count). The number of fused-ring (bicyclic) bond motifs is 1. The van der Waals surface area contributed by atoms with Gasteiger partial charge in [0.1, 0.15) is 11.6 Å². The lowest BCUT2D eigenvalue weighted by atomic mass is 10.3. The van der Waals surface area contributed by atoms with Crippen molar-refractivity contribution >= 4 is 21.6 Å². The second-order valence-electron chi connectivity index (χ2n) is 3.60. The van der Waals surface area contributed by atoms with Crippen molar-refractivity contribution in [3.05, 3.63) is 41.9 Å². The maximum Gasteiger partial charge on any atom is 0.163 e. The predicted octanol–water partition coefficient (Wildman–Crippen LogP) is 3.15. The summed E-state index contributed by atoms with van der Waals surface area (Å²) < 4.78 is 19.4. The molecule has 0 aliphatic rings. The Bertz CT molecular complexity index is 674. The fraction of sp³-hybridized carbons (Fsp3) is 0.0833. The molecule has 2 heterocycles. The number of nitrogens with zero attached hydrogens (tertiary/aromatic N) is 1. The van der Waals surface area contributed by atoms with Crippen molar-refractivity contribution in [2.45, 2.75) is 6.54 Å². The highest BCUT2D eigenvalue weighted by molar-refractivity contribution is 7.21. The van der Waals surface area contributed by atoms with Gasteiger partial charge >= 0.3 is 0 Å². The van der Waals surface area contributed by atoms with E-state index in [4.69, 9.17) is 10.2 Å². The van der Waals surface area contributed by atoms with E-state index in [-0.39, 0.29) is 5.82 Å². The van der Waals surface area contributed by atoms with Gasteiger partial charge in [-0.25, -0.2) is 9.37 Å². The average molecular weight is 248 g/mol. The highest BCUT2D eigenvalue weighted by Crippen LogP contribution is 2.31. The number of thiazole rings is 1. The van der Waals surface area contributed by atoms with Gasteiger partial charge in [-0.05, 0) is 30.3 Å². The summed E-state index contributed by atoms with van der Waals surface area (Å²) in [7, 11) is 0. The van der Waals surface area contributed by atoms with Crippen molar-refractivity contribution in [3.63, 3.8) is 0 Å². The van der Waals surface area contributed by atoms with Crippen LogP contribution in [0, 0.1) is 5.82 Å². The van der Waals surface area contributed by atoms with Gasteiger partial charge in [-0.15, -0.1) is 11.3 Å². The van der Waals surface area contributed by atoms with Crippen LogP contribution in [0.3, 0.4) is 0 Å². The van der Waals surface area contributed by atoms with Crippen LogP contribution >= 0.6 is 11.3 Å². The molecule has 0 radical (unpaired) electrons. The molecule has 0 saturated carbocycles. The molecule has 3 aromatic rings. The molecule has 0 aliphatic carbocycles. The minimum atomic E-state index is -0.255. The van der Waals surface area contributed by atoms with Gasteiger partial charge in [-0.1, -0.05) is 0 Å². The fourth-order valence-electron chi connectivity index (χ4n) is 1.61. The number of furan rings is 1. The topological polar surface area (TPSA) is 52.0 Å². The van der Waals surface area contributed by atoms with Crippen molar-refractivity contribution in [2.75, 3.05) is 0 Å². The Balaban J connectivity index is 2.11. The fourth-order valence-corrected chi connectivity index (χ4v) is 2.56. The van der Waals surface area contributed by atoms with Crippen LogP contribution in [0.4, 0.5) is 4.39 Å². The van der Waals surface area contributed by atoms with E-state index in [0.29, 0.717) is 18.1 Å². The Labute approximate surface area is 101 Å². The lowest BCUT2D eigenvalue weighted by Crippen LogP contribution is -1.92. The van der Waals surface area contributed by atoms with Crippen molar-refractivity contribution in [2.24, 2.45) is 5.73 Å². The van der Waals surface area contributed by atoms with E-state index < -0.39 is 0 Å². The number of halogens is 1. The Hall–Kier alpha value is -1.72. The molecule has 0 saturated heterocycles. The van der Waals surface area contributed by atoms with Crippen LogP contribution < -0.4 is 5.73 Å². The normalized spacial score (nSPS) is 11.2. The summed E-state index contributed by atoms with van der Waals surface area (Å²) in [4.78, 5) is 4.39. The zero-order valence-corrected chi connectivity index (χ0v) is 9.63. The Morgan fingerprint density at radius 3 is 2.94 bits per heavy atom. The second kappa shape index (κ2) is 3.94. The predicted molar refractivity (Wildman–Crippen MR) is 65.2 cm³/mol. The molecule has 0 spiro atoms. The summed E-state index contributed by atoms with van der Waals surface area (Å²) in [5.74, 6) is 1.13. The van der Waals surface area contributed by atoms with Gasteiger partial charge in [-0.3, -0.25) is 0 Å². The SMILES string of the molecule is NCc1ccc(-c2nc3ccc(F)cc3s2)o1. The molecule has 2 aromatic heterocycles. The zero-order valence-electron chi connectivity index (χ0n) is 8.81. The first-order chi connectivity index (χ1) is 8.26. The standard InChI is InChI=1S/C12H9FN2OS/c13-7-1-3-9-11(5-7)17-12(15-9)10-4-2-8(6-14)16-10/h1-5H,6,14H2. The van der Waals surface area contributed by atoms with Crippen molar-refractivity contribution in [3.8, 4) is 10.8 Å². The first-order valence-corrected chi connectivity index (χ1v) is 5.93. The minimum Gasteiger partial charge on any atom is -0.457 e. The monoisotopic (exact) mass is 248 g/mol. The molecular formula is C12H9FN2OS. The first kappa shape index (κ1) is 10.4. The van der Waals surface area contributed by atoms with Crippen LogP contribution in [0.15, 0.2) is 34.7 Å². The van der Waals surface area contributed by atoms with Crippen LogP contribution in [0.25, 0.3) is 21.0 Å². The molecule has 0 unspecified atom stereocenters. The smallest absolute Gasteiger partial charge is 0.163 e. The minimum absolute atomic E-state index is 0.255. The van der Waals surface area contributed by atoms with Crippen molar-refractivity contribution < 1.29 is 8.81 Å². The molecule has 0 amide bonds. The first-order valence-electron chi connectivity index (χ1n) is 5.11. The summed E-state index contributed by atoms with van der Waals surface area (Å²) in [5.41, 5.74) is 6.25. The van der Waals surface area contributed by atoms with Crippen LogP contribution in [0.1, 0.15) is 5.76 Å². The molecule has 17 heavy (non-hydrogen) atoms. The number of benzene rings is 1. The third kappa shape index (κ3) is 1.83. The molecule has 0 bridgehead atoms. The number of hydrogen-bond acceptors (Lipinski definition) is 4. The number of hydrogen-bond donors (Lipinski definition) is 1. The summed E-state index contributed by atoms with van der Waals surface area (Å²) in [6.45, 7) is 0.361. The van der Waals surface area contributed by atoms with Gasteiger partial charge in [0.05, 0.1) is 16.8 Å². The molecule has 0 atom stereocenters. The van der Waals surface area contributed by atoms with Gasteiger partial charge in [0, 0.05) is 0 Å². The van der Waals surface area contributed by atoms with Gasteiger partial charge in [0.2, 0.25) is 0 Å². The summed E-state index contributed by atoms with van der Waals surface area (Å²) in [6.07, 6.45) is 0. The maximum atomic E-state index is 13.0. The largest absolute Gasteiger partial charge is 0.457 e. The molecular weight excluding hydrogens is 239 g/mol. The van der Waals surface area contributed by atoms with Crippen LogP contribution in [0.5, 0.6) is 0 Å². The van der Waals surface area contributed by atoms with Crippen LogP contribution in [0.2, 0.25) is 0 Å². The number of aromatic nitrogens is 1. The lowest BCUT2D eigenvalue weighted by Gasteiger charge is -1.88. The summed E-state index contributed by atoms with van der Waals surface area (Å²) >= 11 is 1.40. The Morgan fingerprint density at radius 1 is 1.29 bits per heavy atom. The maximum absolute atomic E-state index is 13.0. The molecule has 2 N–H and O–H groups in total. The zero-order chi connectivity index (χ0) is 11.8. The Kier molecular flexibility index (Phi) is 2.42. The van der Waals surface area contributed by atoms with Gasteiger partial charge in [0.25, 0.3) is 0 Å². The van der Waals surface area contributed by atoms with Crippen molar-refractivity contribution in [1.82, 2.24) is 4.98 Å². The highest BCUT2D eigenvalue weighted by atomic mass is 32.1. The number of nitrogens with two attached hydrogens (primary N) is 1. The van der Waals surface area contributed by atoms with E-state index in [1.54, 1.807) is 6.07 Å². The second-order valence-corrected chi connectivity index (χ2v) is 4.63. The molecule has 5 heteroatoms. The molecule has 3 nitrogen and oxygen atoms in total. The van der Waals surface area contributed by atoms with Gasteiger partial charge in [-0.2, -0.15) is 0 Å². The lowest BCUT2D eigenvalue weighted by molar-refractivity contribution is 0.525. The van der Waals surface area contributed by atoms with Crippen molar-refractivity contribution in [1.29, 1.82) is 0 Å². The van der Waals surface area contributed by atoms with E-state index >= 15 is 0 Å². The summed E-state index contributed by atoms with van der Waals surface area (Å²) in [5, 5.41) is 0.741. The van der Waals surface area contributed by atoms with Crippen LogP contribution in [-0.2, 0) is 6.54 Å². The molecule has 0 fully saturated rings. The third-order valence-corrected chi connectivity index (χ3v) is 3.46. The molecule has 1 aromatic carbocycles. The summed E-state index contributed by atoms with van der Waals surface area (Å²) in [6, 6.07) is 8.19. The van der Waals surface area contributed by atoms with E-state index in [2.05, 4.69) is 4.98 Å². The van der Waals surface area contributed by atoms with Gasteiger partial charge < -0.3 is 10.2 Å². The van der Waals surface area contributed by atoms with Gasteiger partial charge in [0.15, 0.2) is 10.8 Å². The number of rotatable bonds is 2. The highest BCUT2D eigenvalue weighted by Gasteiger charge is 2.10.